The van der Waals surface area contributed by atoms with Gasteiger partial charge in [-0.2, -0.15) is 0 Å². The summed E-state index contributed by atoms with van der Waals surface area (Å²) in [6.45, 7) is 3.62. The van der Waals surface area contributed by atoms with E-state index in [0.717, 1.165) is 25.7 Å². The van der Waals surface area contributed by atoms with Crippen LogP contribution in [0.4, 0.5) is 0 Å². The SMILES string of the molecule is CCCC(CCO)CNC(=O)CCCOC. The minimum Gasteiger partial charge on any atom is -0.396 e. The monoisotopic (exact) mass is 231 g/mol. The van der Waals surface area contributed by atoms with E-state index >= 15 is 0 Å². The largest absolute Gasteiger partial charge is 0.396 e. The molecule has 2 N–H and O–H groups in total. The molecule has 1 amide bonds. The molecular formula is C12H25NO3. The summed E-state index contributed by atoms with van der Waals surface area (Å²) < 4.78 is 4.88. The first kappa shape index (κ1) is 15.4. The summed E-state index contributed by atoms with van der Waals surface area (Å²) >= 11 is 0. The molecule has 0 aromatic carbocycles. The first-order valence-corrected chi connectivity index (χ1v) is 6.11. The number of rotatable bonds is 10. The third-order valence-electron chi connectivity index (χ3n) is 2.57. The van der Waals surface area contributed by atoms with E-state index in [0.29, 0.717) is 25.5 Å². The molecule has 0 aromatic heterocycles. The summed E-state index contributed by atoms with van der Waals surface area (Å²) in [5.41, 5.74) is 0. The lowest BCUT2D eigenvalue weighted by atomic mass is 10.0. The Labute approximate surface area is 98.4 Å². The lowest BCUT2D eigenvalue weighted by Gasteiger charge is -2.15. The fourth-order valence-corrected chi connectivity index (χ4v) is 1.66. The second-order valence-electron chi connectivity index (χ2n) is 4.07. The molecule has 0 aliphatic heterocycles. The number of methoxy groups -OCH3 is 1. The zero-order chi connectivity index (χ0) is 12.2. The lowest BCUT2D eigenvalue weighted by molar-refractivity contribution is -0.121. The predicted octanol–water partition coefficient (Wildman–Crippen LogP) is 1.33. The minimum absolute atomic E-state index is 0.0797. The normalized spacial score (nSPS) is 12.4. The maximum Gasteiger partial charge on any atom is 0.220 e. The van der Waals surface area contributed by atoms with Crippen molar-refractivity contribution in [1.29, 1.82) is 0 Å². The first-order valence-electron chi connectivity index (χ1n) is 6.11. The smallest absolute Gasteiger partial charge is 0.220 e. The molecule has 0 fully saturated rings. The third kappa shape index (κ3) is 8.68. The van der Waals surface area contributed by atoms with Gasteiger partial charge in [-0.3, -0.25) is 4.79 Å². The van der Waals surface area contributed by atoms with Gasteiger partial charge in [0.25, 0.3) is 0 Å². The molecule has 0 aromatic rings. The van der Waals surface area contributed by atoms with E-state index < -0.39 is 0 Å². The quantitative estimate of drug-likeness (QED) is 0.558. The number of ether oxygens (including phenoxy) is 1. The van der Waals surface area contributed by atoms with Crippen molar-refractivity contribution in [1.82, 2.24) is 5.32 Å². The molecule has 0 aliphatic rings. The maximum atomic E-state index is 11.4. The molecular weight excluding hydrogens is 206 g/mol. The number of nitrogens with one attached hydrogen (secondary N) is 1. The van der Waals surface area contributed by atoms with Crippen molar-refractivity contribution in [2.45, 2.75) is 39.0 Å². The minimum atomic E-state index is 0.0797. The van der Waals surface area contributed by atoms with Gasteiger partial charge in [-0.1, -0.05) is 13.3 Å². The van der Waals surface area contributed by atoms with Crippen LogP contribution in [-0.4, -0.2) is 37.9 Å². The van der Waals surface area contributed by atoms with Gasteiger partial charge < -0.3 is 15.2 Å². The summed E-state index contributed by atoms with van der Waals surface area (Å²) in [6, 6.07) is 0. The topological polar surface area (TPSA) is 58.6 Å². The fraction of sp³-hybridized carbons (Fsp3) is 0.917. The van der Waals surface area contributed by atoms with E-state index in [2.05, 4.69) is 12.2 Å². The fourth-order valence-electron chi connectivity index (χ4n) is 1.66. The number of aliphatic hydroxyl groups is 1. The number of carbonyl (C=O) groups excluding carboxylic acids is 1. The van der Waals surface area contributed by atoms with Gasteiger partial charge in [-0.15, -0.1) is 0 Å². The van der Waals surface area contributed by atoms with Crippen LogP contribution in [0.2, 0.25) is 0 Å². The number of hydrogen-bond acceptors (Lipinski definition) is 3. The van der Waals surface area contributed by atoms with Crippen LogP contribution in [0.5, 0.6) is 0 Å². The van der Waals surface area contributed by atoms with Crippen molar-refractivity contribution in [3.63, 3.8) is 0 Å². The van der Waals surface area contributed by atoms with E-state index in [9.17, 15) is 4.79 Å². The van der Waals surface area contributed by atoms with Gasteiger partial charge in [-0.05, 0) is 25.2 Å². The summed E-state index contributed by atoms with van der Waals surface area (Å²) in [4.78, 5) is 11.4. The number of hydrogen-bond donors (Lipinski definition) is 2. The highest BCUT2D eigenvalue weighted by Gasteiger charge is 2.08. The Balaban J connectivity index is 3.60. The molecule has 0 heterocycles. The second-order valence-corrected chi connectivity index (χ2v) is 4.07. The zero-order valence-corrected chi connectivity index (χ0v) is 10.5. The first-order chi connectivity index (χ1) is 7.74. The molecule has 0 spiro atoms. The Morgan fingerprint density at radius 3 is 2.75 bits per heavy atom. The average molecular weight is 231 g/mol. The molecule has 0 bridgehead atoms. The van der Waals surface area contributed by atoms with Gasteiger partial charge in [-0.25, -0.2) is 0 Å². The van der Waals surface area contributed by atoms with E-state index in [-0.39, 0.29) is 12.5 Å². The van der Waals surface area contributed by atoms with E-state index in [1.54, 1.807) is 7.11 Å². The van der Waals surface area contributed by atoms with Crippen LogP contribution < -0.4 is 5.32 Å². The molecule has 0 rings (SSSR count). The van der Waals surface area contributed by atoms with Gasteiger partial charge in [0.05, 0.1) is 0 Å². The molecule has 96 valence electrons. The molecule has 1 unspecified atom stereocenters. The molecule has 0 aliphatic carbocycles. The highest BCUT2D eigenvalue weighted by molar-refractivity contribution is 5.75. The third-order valence-corrected chi connectivity index (χ3v) is 2.57. The Morgan fingerprint density at radius 2 is 2.19 bits per heavy atom. The van der Waals surface area contributed by atoms with Crippen LogP contribution >= 0.6 is 0 Å². The van der Waals surface area contributed by atoms with Crippen molar-refractivity contribution < 1.29 is 14.6 Å². The van der Waals surface area contributed by atoms with Crippen molar-refractivity contribution >= 4 is 5.91 Å². The van der Waals surface area contributed by atoms with Crippen LogP contribution in [0, 0.1) is 5.92 Å². The van der Waals surface area contributed by atoms with Gasteiger partial charge in [0.2, 0.25) is 5.91 Å². The number of amides is 1. The molecule has 1 atom stereocenters. The van der Waals surface area contributed by atoms with Crippen LogP contribution in [0.15, 0.2) is 0 Å². The van der Waals surface area contributed by atoms with Crippen molar-refractivity contribution in [2.75, 3.05) is 26.9 Å². The van der Waals surface area contributed by atoms with Gasteiger partial charge in [0.15, 0.2) is 0 Å². The predicted molar refractivity (Wildman–Crippen MR) is 64.2 cm³/mol. The summed E-state index contributed by atoms with van der Waals surface area (Å²) in [6.07, 6.45) is 4.20. The summed E-state index contributed by atoms with van der Waals surface area (Å²) in [5.74, 6) is 0.484. The summed E-state index contributed by atoms with van der Waals surface area (Å²) in [7, 11) is 1.64. The van der Waals surface area contributed by atoms with Crippen LogP contribution in [0.25, 0.3) is 0 Å². The van der Waals surface area contributed by atoms with E-state index in [1.165, 1.54) is 0 Å². The van der Waals surface area contributed by atoms with E-state index in [1.807, 2.05) is 0 Å². The number of aliphatic hydroxyl groups excluding tert-OH is 1. The van der Waals surface area contributed by atoms with Gasteiger partial charge in [0, 0.05) is 33.3 Å². The molecule has 0 saturated heterocycles. The maximum absolute atomic E-state index is 11.4. The van der Waals surface area contributed by atoms with Crippen molar-refractivity contribution in [2.24, 2.45) is 5.92 Å². The Bertz CT molecular complexity index is 168. The van der Waals surface area contributed by atoms with Crippen LogP contribution in [0.1, 0.15) is 39.0 Å². The van der Waals surface area contributed by atoms with Gasteiger partial charge in [0.1, 0.15) is 0 Å². The van der Waals surface area contributed by atoms with E-state index in [4.69, 9.17) is 9.84 Å². The second kappa shape index (κ2) is 10.9. The van der Waals surface area contributed by atoms with Crippen LogP contribution in [0.3, 0.4) is 0 Å². The molecule has 0 radical (unpaired) electrons. The van der Waals surface area contributed by atoms with Crippen LogP contribution in [-0.2, 0) is 9.53 Å². The number of carbonyl (C=O) groups is 1. The molecule has 4 heteroatoms. The molecule has 0 saturated carbocycles. The lowest BCUT2D eigenvalue weighted by Crippen LogP contribution is -2.29. The molecule has 4 nitrogen and oxygen atoms in total. The van der Waals surface area contributed by atoms with Gasteiger partial charge >= 0.3 is 0 Å². The van der Waals surface area contributed by atoms with Crippen molar-refractivity contribution in [3.05, 3.63) is 0 Å². The van der Waals surface area contributed by atoms with Crippen molar-refractivity contribution in [3.8, 4) is 0 Å². The average Bonchev–Trinajstić information content (AvgIpc) is 2.27. The zero-order valence-electron chi connectivity index (χ0n) is 10.5. The summed E-state index contributed by atoms with van der Waals surface area (Å²) in [5, 5.41) is 11.8. The highest BCUT2D eigenvalue weighted by atomic mass is 16.5. The Kier molecular flexibility index (Phi) is 10.5. The standard InChI is InChI=1S/C12H25NO3/c1-3-5-11(7-8-14)10-13-12(15)6-4-9-16-2/h11,14H,3-10H2,1-2H3,(H,13,15). The highest BCUT2D eigenvalue weighted by Crippen LogP contribution is 2.09. The molecule has 16 heavy (non-hydrogen) atoms. The Hall–Kier alpha value is -0.610. The Morgan fingerprint density at radius 1 is 1.44 bits per heavy atom.